The Morgan fingerprint density at radius 1 is 1.38 bits per heavy atom. The lowest BCUT2D eigenvalue weighted by Gasteiger charge is -2.31. The minimum atomic E-state index is -0.104. The maximum Gasteiger partial charge on any atom is 0.0693 e. The number of rotatable bonds is 4. The first-order valence-corrected chi connectivity index (χ1v) is 5.68. The highest BCUT2D eigenvalue weighted by Gasteiger charge is 2.23. The van der Waals surface area contributed by atoms with Crippen molar-refractivity contribution in [3.05, 3.63) is 0 Å². The highest BCUT2D eigenvalue weighted by Crippen LogP contribution is 2.19. The van der Waals surface area contributed by atoms with Crippen LogP contribution in [0.25, 0.3) is 0 Å². The molecule has 0 aromatic carbocycles. The Kier molecular flexibility index (Phi) is 4.74. The van der Waals surface area contributed by atoms with E-state index >= 15 is 0 Å². The molecule has 0 aromatic rings. The topological polar surface area (TPSA) is 32.3 Å². The van der Waals surface area contributed by atoms with E-state index in [2.05, 4.69) is 19.2 Å². The third-order valence-corrected chi connectivity index (χ3v) is 2.95. The van der Waals surface area contributed by atoms with Crippen molar-refractivity contribution in [2.24, 2.45) is 0 Å². The normalized spacial score (nSPS) is 31.6. The summed E-state index contributed by atoms with van der Waals surface area (Å²) in [5.74, 6) is 0. The SMILES string of the molecule is CCCC(C)N[C@@H]1CCCC[C@H]1O. The van der Waals surface area contributed by atoms with Crippen LogP contribution < -0.4 is 5.32 Å². The minimum Gasteiger partial charge on any atom is -0.392 e. The highest BCUT2D eigenvalue weighted by molar-refractivity contribution is 4.82. The van der Waals surface area contributed by atoms with Gasteiger partial charge in [-0.1, -0.05) is 26.2 Å². The summed E-state index contributed by atoms with van der Waals surface area (Å²) in [6.07, 6.45) is 6.93. The average molecular weight is 185 g/mol. The smallest absolute Gasteiger partial charge is 0.0693 e. The molecule has 0 radical (unpaired) electrons. The zero-order valence-corrected chi connectivity index (χ0v) is 8.92. The van der Waals surface area contributed by atoms with E-state index in [1.54, 1.807) is 0 Å². The molecule has 2 heteroatoms. The molecule has 1 aliphatic carbocycles. The fourth-order valence-corrected chi connectivity index (χ4v) is 2.19. The Morgan fingerprint density at radius 3 is 2.69 bits per heavy atom. The van der Waals surface area contributed by atoms with Crippen LogP contribution in [0, 0.1) is 0 Å². The second-order valence-electron chi connectivity index (χ2n) is 4.31. The van der Waals surface area contributed by atoms with Crippen LogP contribution in [-0.2, 0) is 0 Å². The second-order valence-corrected chi connectivity index (χ2v) is 4.31. The van der Waals surface area contributed by atoms with Gasteiger partial charge in [0, 0.05) is 12.1 Å². The first-order chi connectivity index (χ1) is 6.24. The van der Waals surface area contributed by atoms with Crippen molar-refractivity contribution in [1.29, 1.82) is 0 Å². The van der Waals surface area contributed by atoms with E-state index in [1.807, 2.05) is 0 Å². The number of aliphatic hydroxyl groups excluding tert-OH is 1. The Balaban J connectivity index is 2.25. The van der Waals surface area contributed by atoms with Gasteiger partial charge in [0.25, 0.3) is 0 Å². The van der Waals surface area contributed by atoms with Crippen molar-refractivity contribution in [1.82, 2.24) is 5.32 Å². The predicted octanol–water partition coefficient (Wildman–Crippen LogP) is 2.07. The van der Waals surface area contributed by atoms with Gasteiger partial charge in [-0.3, -0.25) is 0 Å². The Labute approximate surface area is 81.7 Å². The van der Waals surface area contributed by atoms with Crippen molar-refractivity contribution < 1.29 is 5.11 Å². The lowest BCUT2D eigenvalue weighted by atomic mass is 9.92. The van der Waals surface area contributed by atoms with Gasteiger partial charge >= 0.3 is 0 Å². The third kappa shape index (κ3) is 3.65. The summed E-state index contributed by atoms with van der Waals surface area (Å²) in [6.45, 7) is 4.42. The van der Waals surface area contributed by atoms with Gasteiger partial charge in [0.2, 0.25) is 0 Å². The van der Waals surface area contributed by atoms with E-state index in [-0.39, 0.29) is 6.10 Å². The zero-order valence-electron chi connectivity index (χ0n) is 8.92. The minimum absolute atomic E-state index is 0.104. The molecule has 3 atom stereocenters. The quantitative estimate of drug-likeness (QED) is 0.702. The number of hydrogen-bond donors (Lipinski definition) is 2. The third-order valence-electron chi connectivity index (χ3n) is 2.95. The van der Waals surface area contributed by atoms with Gasteiger partial charge in [-0.2, -0.15) is 0 Å². The predicted molar refractivity (Wildman–Crippen MR) is 55.8 cm³/mol. The average Bonchev–Trinajstić information content (AvgIpc) is 2.09. The highest BCUT2D eigenvalue weighted by atomic mass is 16.3. The molecule has 1 aliphatic rings. The first-order valence-electron chi connectivity index (χ1n) is 5.68. The Morgan fingerprint density at radius 2 is 2.08 bits per heavy atom. The van der Waals surface area contributed by atoms with Crippen LogP contribution in [-0.4, -0.2) is 23.3 Å². The van der Waals surface area contributed by atoms with Gasteiger partial charge in [0.15, 0.2) is 0 Å². The van der Waals surface area contributed by atoms with Crippen LogP contribution in [0.1, 0.15) is 52.4 Å². The molecule has 0 aromatic heterocycles. The van der Waals surface area contributed by atoms with Crippen molar-refractivity contribution in [2.45, 2.75) is 70.6 Å². The molecule has 0 saturated heterocycles. The molecule has 13 heavy (non-hydrogen) atoms. The van der Waals surface area contributed by atoms with Crippen molar-refractivity contribution >= 4 is 0 Å². The first kappa shape index (κ1) is 11.0. The number of aliphatic hydroxyl groups is 1. The van der Waals surface area contributed by atoms with Gasteiger partial charge in [0.05, 0.1) is 6.10 Å². The summed E-state index contributed by atoms with van der Waals surface area (Å²) in [5.41, 5.74) is 0. The summed E-state index contributed by atoms with van der Waals surface area (Å²) in [4.78, 5) is 0. The van der Waals surface area contributed by atoms with E-state index in [9.17, 15) is 5.11 Å². The summed E-state index contributed by atoms with van der Waals surface area (Å²) < 4.78 is 0. The van der Waals surface area contributed by atoms with E-state index in [1.165, 1.54) is 25.7 Å². The molecule has 0 bridgehead atoms. The van der Waals surface area contributed by atoms with Gasteiger partial charge in [-0.05, 0) is 26.2 Å². The van der Waals surface area contributed by atoms with Gasteiger partial charge in [0.1, 0.15) is 0 Å². The lowest BCUT2D eigenvalue weighted by Crippen LogP contribution is -2.46. The van der Waals surface area contributed by atoms with E-state index in [4.69, 9.17) is 0 Å². The van der Waals surface area contributed by atoms with Crippen LogP contribution in [0.2, 0.25) is 0 Å². The molecule has 0 aliphatic heterocycles. The molecule has 0 amide bonds. The fraction of sp³-hybridized carbons (Fsp3) is 1.00. The van der Waals surface area contributed by atoms with E-state index in [0.29, 0.717) is 12.1 Å². The summed E-state index contributed by atoms with van der Waals surface area (Å²) in [5, 5.41) is 13.2. The number of hydrogen-bond acceptors (Lipinski definition) is 2. The standard InChI is InChI=1S/C11H23NO/c1-3-6-9(2)12-10-7-4-5-8-11(10)13/h9-13H,3-8H2,1-2H3/t9?,10-,11-/m1/s1. The van der Waals surface area contributed by atoms with Crippen LogP contribution in [0.4, 0.5) is 0 Å². The molecule has 1 rings (SSSR count). The largest absolute Gasteiger partial charge is 0.392 e. The van der Waals surface area contributed by atoms with E-state index in [0.717, 1.165) is 12.8 Å². The zero-order chi connectivity index (χ0) is 9.68. The van der Waals surface area contributed by atoms with Crippen LogP contribution in [0.15, 0.2) is 0 Å². The summed E-state index contributed by atoms with van der Waals surface area (Å²) in [7, 11) is 0. The molecular weight excluding hydrogens is 162 g/mol. The Hall–Kier alpha value is -0.0800. The van der Waals surface area contributed by atoms with Crippen LogP contribution >= 0.6 is 0 Å². The summed E-state index contributed by atoms with van der Waals surface area (Å²) in [6, 6.07) is 0.915. The maximum atomic E-state index is 9.72. The van der Waals surface area contributed by atoms with Gasteiger partial charge < -0.3 is 10.4 Å². The summed E-state index contributed by atoms with van der Waals surface area (Å²) >= 11 is 0. The molecule has 0 spiro atoms. The molecule has 2 N–H and O–H groups in total. The fourth-order valence-electron chi connectivity index (χ4n) is 2.19. The molecule has 0 heterocycles. The van der Waals surface area contributed by atoms with Gasteiger partial charge in [-0.15, -0.1) is 0 Å². The van der Waals surface area contributed by atoms with Crippen LogP contribution in [0.5, 0.6) is 0 Å². The maximum absolute atomic E-state index is 9.72. The molecular formula is C11H23NO. The van der Waals surface area contributed by atoms with Crippen molar-refractivity contribution in [3.8, 4) is 0 Å². The number of nitrogens with one attached hydrogen (secondary N) is 1. The second kappa shape index (κ2) is 5.61. The molecule has 2 nitrogen and oxygen atoms in total. The monoisotopic (exact) mass is 185 g/mol. The molecule has 1 fully saturated rings. The molecule has 1 unspecified atom stereocenters. The van der Waals surface area contributed by atoms with Crippen molar-refractivity contribution in [3.63, 3.8) is 0 Å². The molecule has 78 valence electrons. The Bertz CT molecular complexity index is 138. The van der Waals surface area contributed by atoms with Crippen molar-refractivity contribution in [2.75, 3.05) is 0 Å². The van der Waals surface area contributed by atoms with Crippen LogP contribution in [0.3, 0.4) is 0 Å². The lowest BCUT2D eigenvalue weighted by molar-refractivity contribution is 0.0853. The van der Waals surface area contributed by atoms with E-state index < -0.39 is 0 Å². The van der Waals surface area contributed by atoms with Gasteiger partial charge in [-0.25, -0.2) is 0 Å². The molecule has 1 saturated carbocycles.